The van der Waals surface area contributed by atoms with Crippen molar-refractivity contribution in [3.63, 3.8) is 0 Å². The molecule has 0 radical (unpaired) electrons. The maximum absolute atomic E-state index is 2.63. The molecule has 0 bridgehead atoms. The second-order valence-electron chi connectivity index (χ2n) is 12.8. The molecule has 3 heteroatoms. The third-order valence-electron chi connectivity index (χ3n) is 10.2. The van der Waals surface area contributed by atoms with E-state index in [0.717, 1.165) is 12.8 Å². The molecule has 0 saturated carbocycles. The molecule has 0 aliphatic heterocycles. The van der Waals surface area contributed by atoms with Gasteiger partial charge in [0.2, 0.25) is 0 Å². The van der Waals surface area contributed by atoms with E-state index in [2.05, 4.69) is 145 Å². The SMILES string of the molecule is CC1c2c(sc3ccccc23)C=CC1n1c2c(c3cc(-c4ccc(-c5ccc6sc7ccccc7c6c5)cc4)ccc31)=CCCC=2. The molecule has 10 rings (SSSR count). The van der Waals surface area contributed by atoms with Crippen molar-refractivity contribution >= 4 is 82.1 Å². The van der Waals surface area contributed by atoms with Gasteiger partial charge in [0.05, 0.1) is 6.04 Å². The van der Waals surface area contributed by atoms with Crippen molar-refractivity contribution in [1.82, 2.24) is 4.57 Å². The molecule has 2 aliphatic carbocycles. The van der Waals surface area contributed by atoms with Gasteiger partial charge in [-0.2, -0.15) is 0 Å². The van der Waals surface area contributed by atoms with Gasteiger partial charge in [-0.15, -0.1) is 22.7 Å². The van der Waals surface area contributed by atoms with Gasteiger partial charge in [-0.05, 0) is 88.5 Å². The molecule has 0 saturated heterocycles. The fourth-order valence-electron chi connectivity index (χ4n) is 8.00. The number of benzene rings is 5. The number of thiophene rings is 2. The summed E-state index contributed by atoms with van der Waals surface area (Å²) >= 11 is 3.80. The summed E-state index contributed by atoms with van der Waals surface area (Å²) in [5, 5.41) is 8.26. The van der Waals surface area contributed by atoms with Crippen molar-refractivity contribution in [3.05, 3.63) is 136 Å². The Morgan fingerprint density at radius 3 is 2.02 bits per heavy atom. The van der Waals surface area contributed by atoms with Gasteiger partial charge in [0.25, 0.3) is 0 Å². The second kappa shape index (κ2) is 10.2. The highest BCUT2D eigenvalue weighted by atomic mass is 32.1. The maximum atomic E-state index is 2.63. The van der Waals surface area contributed by atoms with Gasteiger partial charge in [0.1, 0.15) is 0 Å². The van der Waals surface area contributed by atoms with Crippen LogP contribution in [0.3, 0.4) is 0 Å². The Hall–Kier alpha value is -4.70. The van der Waals surface area contributed by atoms with Crippen molar-refractivity contribution in [3.8, 4) is 22.3 Å². The van der Waals surface area contributed by atoms with E-state index in [1.54, 1.807) is 0 Å². The molecule has 46 heavy (non-hydrogen) atoms. The Kier molecular flexibility index (Phi) is 5.85. The first kappa shape index (κ1) is 26.5. The summed E-state index contributed by atoms with van der Waals surface area (Å²) in [6.45, 7) is 2.42. The van der Waals surface area contributed by atoms with Crippen molar-refractivity contribution in [1.29, 1.82) is 0 Å². The first-order valence-corrected chi connectivity index (χ1v) is 17.9. The molecule has 0 amide bonds. The first-order chi connectivity index (χ1) is 22.7. The molecular weight excluding hydrogens is 595 g/mol. The Morgan fingerprint density at radius 2 is 1.22 bits per heavy atom. The minimum Gasteiger partial charge on any atom is -0.333 e. The lowest BCUT2D eigenvalue weighted by atomic mass is 9.86. The van der Waals surface area contributed by atoms with E-state index in [9.17, 15) is 0 Å². The van der Waals surface area contributed by atoms with Crippen LogP contribution in [0.4, 0.5) is 0 Å². The highest BCUT2D eigenvalue weighted by Crippen LogP contribution is 2.45. The van der Waals surface area contributed by atoms with Gasteiger partial charge in [-0.1, -0.05) is 97.9 Å². The van der Waals surface area contributed by atoms with Crippen LogP contribution in [0.5, 0.6) is 0 Å². The van der Waals surface area contributed by atoms with Crippen LogP contribution in [0.15, 0.2) is 115 Å². The van der Waals surface area contributed by atoms with Gasteiger partial charge in [0.15, 0.2) is 0 Å². The summed E-state index contributed by atoms with van der Waals surface area (Å²) in [5.41, 5.74) is 7.90. The third kappa shape index (κ3) is 3.92. The Labute approximate surface area is 275 Å². The largest absolute Gasteiger partial charge is 0.333 e. The monoisotopic (exact) mass is 625 g/mol. The number of rotatable bonds is 3. The van der Waals surface area contributed by atoms with E-state index < -0.39 is 0 Å². The van der Waals surface area contributed by atoms with E-state index in [0.29, 0.717) is 5.92 Å². The number of fused-ring (bicyclic) bond motifs is 9. The molecular formula is C43H31NS2. The summed E-state index contributed by atoms with van der Waals surface area (Å²) in [4.78, 5) is 1.42. The van der Waals surface area contributed by atoms with E-state index in [-0.39, 0.29) is 6.04 Å². The van der Waals surface area contributed by atoms with E-state index in [4.69, 9.17) is 0 Å². The molecule has 2 atom stereocenters. The van der Waals surface area contributed by atoms with Crippen LogP contribution in [0.25, 0.3) is 81.6 Å². The minimum atomic E-state index is 0.280. The zero-order valence-corrected chi connectivity index (χ0v) is 27.2. The second-order valence-corrected chi connectivity index (χ2v) is 15.0. The third-order valence-corrected chi connectivity index (χ3v) is 12.5. The lowest BCUT2D eigenvalue weighted by Gasteiger charge is -2.28. The van der Waals surface area contributed by atoms with Crippen LogP contribution in [0, 0.1) is 0 Å². The molecule has 5 aromatic carbocycles. The van der Waals surface area contributed by atoms with Crippen molar-refractivity contribution in [2.75, 3.05) is 0 Å². The molecule has 3 aromatic heterocycles. The van der Waals surface area contributed by atoms with Crippen molar-refractivity contribution in [2.45, 2.75) is 31.7 Å². The lowest BCUT2D eigenvalue weighted by Crippen LogP contribution is -2.34. The van der Waals surface area contributed by atoms with Crippen LogP contribution >= 0.6 is 22.7 Å². The zero-order chi connectivity index (χ0) is 30.4. The molecule has 1 nitrogen and oxygen atoms in total. The standard InChI is InChI=1S/C43H31NS2/c1-26-36(21-23-42-43(26)33-10-4-7-13-40(33)46-42)44-37-11-5-2-8-31(37)34-24-29(18-20-38(34)44)27-14-16-28(17-15-27)30-19-22-41-35(25-30)32-9-3-6-12-39(32)45-41/h3-4,6-26,36H,2,5H2,1H3. The fourth-order valence-corrected chi connectivity index (χ4v) is 10.3. The summed E-state index contributed by atoms with van der Waals surface area (Å²) in [6, 6.07) is 41.1. The number of hydrogen-bond donors (Lipinski definition) is 0. The summed E-state index contributed by atoms with van der Waals surface area (Å²) in [7, 11) is 0. The summed E-state index contributed by atoms with van der Waals surface area (Å²) in [6.07, 6.45) is 12.0. The number of hydrogen-bond acceptors (Lipinski definition) is 2. The smallest absolute Gasteiger partial charge is 0.0592 e. The molecule has 3 heterocycles. The summed E-state index contributed by atoms with van der Waals surface area (Å²) < 4.78 is 6.72. The Balaban J connectivity index is 1.05. The van der Waals surface area contributed by atoms with E-state index in [1.165, 1.54) is 84.4 Å². The lowest BCUT2D eigenvalue weighted by molar-refractivity contribution is 0.519. The van der Waals surface area contributed by atoms with Crippen LogP contribution < -0.4 is 10.6 Å². The molecule has 0 fully saturated rings. The minimum absolute atomic E-state index is 0.280. The molecule has 8 aromatic rings. The number of aromatic nitrogens is 1. The van der Waals surface area contributed by atoms with Gasteiger partial charge >= 0.3 is 0 Å². The van der Waals surface area contributed by atoms with Crippen LogP contribution in [0.2, 0.25) is 0 Å². The maximum Gasteiger partial charge on any atom is 0.0592 e. The molecule has 2 unspecified atom stereocenters. The number of allylic oxidation sites excluding steroid dienone is 1. The number of nitrogens with zero attached hydrogens (tertiary/aromatic N) is 1. The normalized spacial score (nSPS) is 17.3. The van der Waals surface area contributed by atoms with Crippen molar-refractivity contribution < 1.29 is 0 Å². The van der Waals surface area contributed by atoms with E-state index in [1.807, 2.05) is 22.7 Å². The topological polar surface area (TPSA) is 4.93 Å². The van der Waals surface area contributed by atoms with Crippen molar-refractivity contribution in [2.24, 2.45) is 0 Å². The average molecular weight is 626 g/mol. The highest BCUT2D eigenvalue weighted by Gasteiger charge is 2.29. The Morgan fingerprint density at radius 1 is 0.587 bits per heavy atom. The molecule has 220 valence electrons. The first-order valence-electron chi connectivity index (χ1n) is 16.3. The predicted molar refractivity (Wildman–Crippen MR) is 201 cm³/mol. The quantitative estimate of drug-likeness (QED) is 0.184. The molecule has 2 aliphatic rings. The van der Waals surface area contributed by atoms with Crippen LogP contribution in [0.1, 0.15) is 42.2 Å². The Bertz CT molecular complexity index is 2660. The highest BCUT2D eigenvalue weighted by molar-refractivity contribution is 7.25. The predicted octanol–water partition coefficient (Wildman–Crippen LogP) is 11.3. The van der Waals surface area contributed by atoms with Gasteiger partial charge < -0.3 is 4.57 Å². The average Bonchev–Trinajstić information content (AvgIpc) is 3.78. The van der Waals surface area contributed by atoms with E-state index >= 15 is 0 Å². The van der Waals surface area contributed by atoms with Gasteiger partial charge in [-0.25, -0.2) is 0 Å². The molecule has 0 spiro atoms. The summed E-state index contributed by atoms with van der Waals surface area (Å²) in [5.74, 6) is 0.393. The van der Waals surface area contributed by atoms with Crippen LogP contribution in [-0.2, 0) is 0 Å². The van der Waals surface area contributed by atoms with Gasteiger partial charge in [-0.3, -0.25) is 0 Å². The zero-order valence-electron chi connectivity index (χ0n) is 25.5. The van der Waals surface area contributed by atoms with Crippen LogP contribution in [-0.4, -0.2) is 4.57 Å². The molecule has 0 N–H and O–H groups in total. The van der Waals surface area contributed by atoms with Gasteiger partial charge in [0, 0.05) is 57.1 Å². The fraction of sp³-hybridized carbons (Fsp3) is 0.116.